The SMILES string of the molecule is CCC(c1ccc(OCCO)c(C(C)(C)C)c1)c1ccc(OCCO)c(C(C)(C)C)c1. The summed E-state index contributed by atoms with van der Waals surface area (Å²) in [6.07, 6.45) is 0.973. The highest BCUT2D eigenvalue weighted by Gasteiger charge is 2.25. The number of hydrogen-bond donors (Lipinski definition) is 2. The maximum absolute atomic E-state index is 9.17. The van der Waals surface area contributed by atoms with Crippen molar-refractivity contribution in [2.24, 2.45) is 0 Å². The Labute approximate surface area is 188 Å². The Morgan fingerprint density at radius 1 is 0.710 bits per heavy atom. The fourth-order valence-corrected chi connectivity index (χ4v) is 3.93. The quantitative estimate of drug-likeness (QED) is 0.548. The zero-order chi connectivity index (χ0) is 23.2. The van der Waals surface area contributed by atoms with Gasteiger partial charge in [0, 0.05) is 5.92 Å². The molecule has 0 saturated carbocycles. The molecule has 4 heteroatoms. The van der Waals surface area contributed by atoms with Gasteiger partial charge in [-0.2, -0.15) is 0 Å². The van der Waals surface area contributed by atoms with Gasteiger partial charge < -0.3 is 19.7 Å². The minimum absolute atomic E-state index is 0.00317. The van der Waals surface area contributed by atoms with Crippen LogP contribution in [0.15, 0.2) is 36.4 Å². The highest BCUT2D eigenvalue weighted by molar-refractivity contribution is 5.48. The summed E-state index contributed by atoms with van der Waals surface area (Å²) in [5.74, 6) is 1.92. The smallest absolute Gasteiger partial charge is 0.123 e. The molecule has 0 bridgehead atoms. The Morgan fingerprint density at radius 2 is 1.10 bits per heavy atom. The number of rotatable bonds is 9. The molecule has 0 atom stereocenters. The molecule has 31 heavy (non-hydrogen) atoms. The van der Waals surface area contributed by atoms with E-state index < -0.39 is 0 Å². The van der Waals surface area contributed by atoms with Crippen LogP contribution in [0.2, 0.25) is 0 Å². The maximum Gasteiger partial charge on any atom is 0.123 e. The van der Waals surface area contributed by atoms with Crippen LogP contribution < -0.4 is 9.47 Å². The number of benzene rings is 2. The van der Waals surface area contributed by atoms with Crippen molar-refractivity contribution in [1.29, 1.82) is 0 Å². The number of aliphatic hydroxyl groups is 2. The van der Waals surface area contributed by atoms with E-state index in [9.17, 15) is 0 Å². The van der Waals surface area contributed by atoms with Gasteiger partial charge in [0.05, 0.1) is 13.2 Å². The first-order valence-electron chi connectivity index (χ1n) is 11.3. The summed E-state index contributed by atoms with van der Waals surface area (Å²) in [5.41, 5.74) is 4.67. The van der Waals surface area contributed by atoms with Crippen LogP contribution in [0.3, 0.4) is 0 Å². The van der Waals surface area contributed by atoms with Crippen molar-refractivity contribution in [3.05, 3.63) is 58.7 Å². The van der Waals surface area contributed by atoms with Gasteiger partial charge in [-0.15, -0.1) is 0 Å². The van der Waals surface area contributed by atoms with Crippen molar-refractivity contribution < 1.29 is 19.7 Å². The van der Waals surface area contributed by atoms with Crippen LogP contribution in [0.25, 0.3) is 0 Å². The van der Waals surface area contributed by atoms with E-state index in [1.165, 1.54) is 11.1 Å². The lowest BCUT2D eigenvalue weighted by Gasteiger charge is -2.27. The maximum atomic E-state index is 9.17. The molecule has 0 aromatic heterocycles. The van der Waals surface area contributed by atoms with E-state index in [-0.39, 0.29) is 30.0 Å². The minimum atomic E-state index is -0.0718. The summed E-state index contributed by atoms with van der Waals surface area (Å²) < 4.78 is 11.6. The molecule has 0 spiro atoms. The van der Waals surface area contributed by atoms with Crippen molar-refractivity contribution >= 4 is 0 Å². The van der Waals surface area contributed by atoms with Crippen LogP contribution >= 0.6 is 0 Å². The van der Waals surface area contributed by atoms with Gasteiger partial charge in [-0.25, -0.2) is 0 Å². The molecule has 0 heterocycles. The predicted molar refractivity (Wildman–Crippen MR) is 128 cm³/mol. The molecule has 0 aliphatic heterocycles. The van der Waals surface area contributed by atoms with Gasteiger partial charge >= 0.3 is 0 Å². The van der Waals surface area contributed by atoms with Crippen LogP contribution in [0.4, 0.5) is 0 Å². The van der Waals surface area contributed by atoms with Gasteiger partial charge in [0.1, 0.15) is 24.7 Å². The fourth-order valence-electron chi connectivity index (χ4n) is 3.93. The average Bonchev–Trinajstić information content (AvgIpc) is 2.70. The van der Waals surface area contributed by atoms with Crippen LogP contribution in [0, 0.1) is 0 Å². The molecule has 0 unspecified atom stereocenters. The first kappa shape index (κ1) is 25.2. The van der Waals surface area contributed by atoms with Crippen LogP contribution in [0.5, 0.6) is 11.5 Å². The molecule has 0 aliphatic carbocycles. The molecule has 2 N–H and O–H groups in total. The number of aliphatic hydroxyl groups excluding tert-OH is 2. The third kappa shape index (κ3) is 6.47. The van der Waals surface area contributed by atoms with Crippen LogP contribution in [-0.4, -0.2) is 36.6 Å². The van der Waals surface area contributed by atoms with E-state index in [4.69, 9.17) is 19.7 Å². The van der Waals surface area contributed by atoms with Crippen LogP contribution in [0.1, 0.15) is 83.1 Å². The molecule has 0 aliphatic rings. The zero-order valence-electron chi connectivity index (χ0n) is 20.3. The Hall–Kier alpha value is -2.04. The molecule has 172 valence electrons. The van der Waals surface area contributed by atoms with Gasteiger partial charge in [-0.1, -0.05) is 72.7 Å². The minimum Gasteiger partial charge on any atom is -0.491 e. The highest BCUT2D eigenvalue weighted by Crippen LogP contribution is 2.39. The molecule has 0 amide bonds. The number of hydrogen-bond acceptors (Lipinski definition) is 4. The molecule has 0 radical (unpaired) electrons. The van der Waals surface area contributed by atoms with E-state index in [1.54, 1.807) is 0 Å². The first-order valence-corrected chi connectivity index (χ1v) is 11.3. The lowest BCUT2D eigenvalue weighted by molar-refractivity contribution is 0.199. The second-order valence-electron chi connectivity index (χ2n) is 10.1. The molecule has 2 aromatic carbocycles. The average molecular weight is 429 g/mol. The molecule has 0 saturated heterocycles. The van der Waals surface area contributed by atoms with E-state index in [0.29, 0.717) is 13.2 Å². The lowest BCUT2D eigenvalue weighted by Crippen LogP contribution is -2.17. The Balaban J connectivity index is 2.52. The van der Waals surface area contributed by atoms with E-state index in [0.717, 1.165) is 29.0 Å². The van der Waals surface area contributed by atoms with Gasteiger partial charge in [0.15, 0.2) is 0 Å². The largest absolute Gasteiger partial charge is 0.491 e. The molecule has 4 nitrogen and oxygen atoms in total. The highest BCUT2D eigenvalue weighted by atomic mass is 16.5. The zero-order valence-corrected chi connectivity index (χ0v) is 20.3. The van der Waals surface area contributed by atoms with Crippen LogP contribution in [-0.2, 0) is 10.8 Å². The van der Waals surface area contributed by atoms with Crippen molar-refractivity contribution in [2.75, 3.05) is 26.4 Å². The van der Waals surface area contributed by atoms with E-state index in [1.807, 2.05) is 12.1 Å². The molecular weight excluding hydrogens is 388 g/mol. The molecule has 0 fully saturated rings. The van der Waals surface area contributed by atoms with Crippen molar-refractivity contribution in [1.82, 2.24) is 0 Å². The summed E-state index contributed by atoms with van der Waals surface area (Å²) in [4.78, 5) is 0. The monoisotopic (exact) mass is 428 g/mol. The normalized spacial score (nSPS) is 12.3. The first-order chi connectivity index (χ1) is 14.5. The number of ether oxygens (including phenoxy) is 2. The second kappa shape index (κ2) is 10.5. The molecule has 2 rings (SSSR count). The Morgan fingerprint density at radius 3 is 1.39 bits per heavy atom. The van der Waals surface area contributed by atoms with E-state index >= 15 is 0 Å². The lowest BCUT2D eigenvalue weighted by atomic mass is 9.79. The summed E-state index contributed by atoms with van der Waals surface area (Å²) in [7, 11) is 0. The molecular formula is C27H40O4. The summed E-state index contributed by atoms with van der Waals surface area (Å²) in [6.45, 7) is 15.9. The third-order valence-electron chi connectivity index (χ3n) is 5.53. The van der Waals surface area contributed by atoms with Gasteiger partial charge in [0.2, 0.25) is 0 Å². The fraction of sp³-hybridized carbons (Fsp3) is 0.556. The van der Waals surface area contributed by atoms with Gasteiger partial charge in [-0.3, -0.25) is 0 Å². The predicted octanol–water partition coefficient (Wildman–Crippen LogP) is 5.57. The van der Waals surface area contributed by atoms with Crippen molar-refractivity contribution in [3.63, 3.8) is 0 Å². The summed E-state index contributed by atoms with van der Waals surface area (Å²) >= 11 is 0. The van der Waals surface area contributed by atoms with Crippen molar-refractivity contribution in [3.8, 4) is 11.5 Å². The second-order valence-corrected chi connectivity index (χ2v) is 10.1. The van der Waals surface area contributed by atoms with Gasteiger partial charge in [-0.05, 0) is 51.6 Å². The topological polar surface area (TPSA) is 58.9 Å². The summed E-state index contributed by atoms with van der Waals surface area (Å²) in [6, 6.07) is 12.9. The third-order valence-corrected chi connectivity index (χ3v) is 5.53. The summed E-state index contributed by atoms with van der Waals surface area (Å²) in [5, 5.41) is 18.3. The van der Waals surface area contributed by atoms with E-state index in [2.05, 4.69) is 72.7 Å². The molecule has 2 aromatic rings. The Kier molecular flexibility index (Phi) is 8.56. The Bertz CT molecular complexity index is 774. The standard InChI is InChI=1S/C27H40O4/c1-8-21(19-9-11-24(30-15-13-28)22(17-19)26(2,3)4)20-10-12-25(31-16-14-29)23(18-20)27(5,6)7/h9-12,17-18,21,28-29H,8,13-16H2,1-7H3. The van der Waals surface area contributed by atoms with Crippen molar-refractivity contribution in [2.45, 2.75) is 71.6 Å². The van der Waals surface area contributed by atoms with Gasteiger partial charge in [0.25, 0.3) is 0 Å².